The van der Waals surface area contributed by atoms with Crippen LogP contribution in [0.3, 0.4) is 0 Å². The van der Waals surface area contributed by atoms with Gasteiger partial charge in [-0.15, -0.1) is 0 Å². The van der Waals surface area contributed by atoms with Crippen molar-refractivity contribution in [2.45, 2.75) is 45.4 Å². The van der Waals surface area contributed by atoms with E-state index in [0.29, 0.717) is 68.1 Å². The molecule has 0 bridgehead atoms. The minimum atomic E-state index is -0.428. The van der Waals surface area contributed by atoms with Gasteiger partial charge in [0.2, 0.25) is 11.7 Å². The Kier molecular flexibility index (Phi) is 13.1. The largest absolute Gasteiger partial charge is 0.494 e. The van der Waals surface area contributed by atoms with Crippen LogP contribution < -0.4 is 9.47 Å². The molecule has 0 saturated heterocycles. The van der Waals surface area contributed by atoms with Crippen molar-refractivity contribution >= 4 is 23.2 Å². The Morgan fingerprint density at radius 3 is 1.97 bits per heavy atom. The maximum absolute atomic E-state index is 12.8. The minimum Gasteiger partial charge on any atom is -0.494 e. The van der Waals surface area contributed by atoms with Crippen molar-refractivity contribution < 1.29 is 33.0 Å². The number of methoxy groups -OCH3 is 1. The smallest absolute Gasteiger partial charge is 0.246 e. The van der Waals surface area contributed by atoms with E-state index >= 15 is 0 Å². The second-order valence-electron chi connectivity index (χ2n) is 8.05. The first-order chi connectivity index (χ1) is 17.5. The van der Waals surface area contributed by atoms with E-state index in [0.717, 1.165) is 0 Å². The van der Waals surface area contributed by atoms with E-state index in [-0.39, 0.29) is 36.8 Å². The summed E-state index contributed by atoms with van der Waals surface area (Å²) in [4.78, 5) is 41.5. The Morgan fingerprint density at radius 1 is 0.778 bits per heavy atom. The number of halogens is 1. The molecule has 0 aliphatic rings. The summed E-state index contributed by atoms with van der Waals surface area (Å²) in [5.41, 5.74) is 1.13. The fraction of sp³-hybridized carbons (Fsp3) is 0.429. The summed E-state index contributed by atoms with van der Waals surface area (Å²) in [6, 6.07) is 13.4. The lowest BCUT2D eigenvalue weighted by Crippen LogP contribution is -2.15. The zero-order chi connectivity index (χ0) is 26.2. The van der Waals surface area contributed by atoms with Crippen LogP contribution in [0.25, 0.3) is 0 Å². The van der Waals surface area contributed by atoms with Crippen LogP contribution in [0.4, 0.5) is 4.39 Å². The van der Waals surface area contributed by atoms with Gasteiger partial charge in [0.25, 0.3) is 0 Å². The quantitative estimate of drug-likeness (QED) is 0.163. The normalized spacial score (nSPS) is 11.2. The summed E-state index contributed by atoms with van der Waals surface area (Å²) < 4.78 is 28.1. The molecule has 2 aromatic carbocycles. The summed E-state index contributed by atoms with van der Waals surface area (Å²) >= 11 is 0. The van der Waals surface area contributed by atoms with Crippen LogP contribution in [0.5, 0.6) is 11.5 Å². The predicted molar refractivity (Wildman–Crippen MR) is 136 cm³/mol. The van der Waals surface area contributed by atoms with Crippen molar-refractivity contribution in [1.29, 1.82) is 0 Å². The van der Waals surface area contributed by atoms with Crippen molar-refractivity contribution in [1.82, 2.24) is 0 Å². The fourth-order valence-corrected chi connectivity index (χ4v) is 3.28. The molecule has 0 atom stereocenters. The third-order valence-corrected chi connectivity index (χ3v) is 5.30. The molecule has 0 radical (unpaired) electrons. The molecule has 0 aliphatic heterocycles. The highest BCUT2D eigenvalue weighted by molar-refractivity contribution is 6.47. The van der Waals surface area contributed by atoms with Crippen LogP contribution in [0, 0.1) is 0 Å². The second kappa shape index (κ2) is 16.3. The summed E-state index contributed by atoms with van der Waals surface area (Å²) in [6.07, 6.45) is 2.00. The second-order valence-corrected chi connectivity index (χ2v) is 8.05. The van der Waals surface area contributed by atoms with Crippen LogP contribution in [-0.2, 0) is 9.53 Å². The molecule has 2 rings (SSSR count). The number of Topliss-reactive ketones (excluding diaryl/α,β-unsaturated/α-hetero) is 2. The van der Waals surface area contributed by atoms with E-state index < -0.39 is 5.91 Å². The highest BCUT2D eigenvalue weighted by Crippen LogP contribution is 2.16. The number of hydrogen-bond donors (Lipinski definition) is 0. The van der Waals surface area contributed by atoms with Crippen LogP contribution >= 0.6 is 0 Å². The van der Waals surface area contributed by atoms with E-state index in [1.54, 1.807) is 62.6 Å². The van der Waals surface area contributed by atoms with Gasteiger partial charge in [-0.1, -0.05) is 6.92 Å². The molecule has 0 aromatic heterocycles. The number of hydrogen-bond acceptors (Lipinski definition) is 6. The molecule has 2 aromatic rings. The summed E-state index contributed by atoms with van der Waals surface area (Å²) in [5.74, 6) is 0.422. The third-order valence-electron chi connectivity index (χ3n) is 5.30. The molecule has 0 unspecified atom stereocenters. The summed E-state index contributed by atoms with van der Waals surface area (Å²) in [6.45, 7) is 2.71. The molecule has 8 heteroatoms. The SMILES string of the molecule is CCC(=NC(=O)CCCC(=O)c1ccc(OCCOC)cc1)C(=O)c1ccc(OCCCCF)cc1. The van der Waals surface area contributed by atoms with Crippen molar-refractivity contribution in [3.05, 3.63) is 59.7 Å². The molecule has 0 aliphatic carbocycles. The average molecular weight is 500 g/mol. The van der Waals surface area contributed by atoms with Crippen LogP contribution in [0.1, 0.15) is 66.2 Å². The molecule has 0 spiro atoms. The van der Waals surface area contributed by atoms with Gasteiger partial charge in [-0.05, 0) is 74.2 Å². The number of rotatable bonds is 17. The fourth-order valence-electron chi connectivity index (χ4n) is 3.28. The van der Waals surface area contributed by atoms with E-state index in [1.165, 1.54) is 0 Å². The molecule has 194 valence electrons. The van der Waals surface area contributed by atoms with Crippen LogP contribution in [0.2, 0.25) is 0 Å². The molecule has 0 fully saturated rings. The number of carbonyl (C=O) groups is 3. The molecule has 1 amide bonds. The lowest BCUT2D eigenvalue weighted by Gasteiger charge is -2.07. The van der Waals surface area contributed by atoms with Gasteiger partial charge in [0, 0.05) is 31.1 Å². The van der Waals surface area contributed by atoms with Gasteiger partial charge < -0.3 is 14.2 Å². The van der Waals surface area contributed by atoms with E-state index in [4.69, 9.17) is 14.2 Å². The van der Waals surface area contributed by atoms with Gasteiger partial charge in [-0.2, -0.15) is 0 Å². The zero-order valence-corrected chi connectivity index (χ0v) is 21.0. The van der Waals surface area contributed by atoms with Gasteiger partial charge in [0.1, 0.15) is 18.1 Å². The van der Waals surface area contributed by atoms with E-state index in [9.17, 15) is 18.8 Å². The highest BCUT2D eigenvalue weighted by Gasteiger charge is 2.15. The minimum absolute atomic E-state index is 0.0750. The van der Waals surface area contributed by atoms with Crippen molar-refractivity contribution in [2.24, 2.45) is 4.99 Å². The number of amides is 1. The molecule has 0 heterocycles. The standard InChI is InChI=1S/C28H34FNO6/c1-3-25(28(33)22-11-15-23(16-12-22)35-18-5-4-17-29)30-27(32)8-6-7-26(31)21-9-13-24(14-10-21)36-20-19-34-2/h9-16H,3-8,17-20H2,1-2H3. The molecule has 0 saturated carbocycles. The first kappa shape index (κ1) is 28.8. The summed E-state index contributed by atoms with van der Waals surface area (Å²) in [5, 5.41) is 0. The average Bonchev–Trinajstić information content (AvgIpc) is 2.90. The number of ketones is 2. The number of nitrogens with zero attached hydrogens (tertiary/aromatic N) is 1. The number of aliphatic imine (C=N–C) groups is 1. The zero-order valence-electron chi connectivity index (χ0n) is 21.0. The Labute approximate surface area is 211 Å². The third kappa shape index (κ3) is 10.1. The lowest BCUT2D eigenvalue weighted by molar-refractivity contribution is -0.117. The van der Waals surface area contributed by atoms with Crippen LogP contribution in [0.15, 0.2) is 53.5 Å². The van der Waals surface area contributed by atoms with Crippen LogP contribution in [-0.4, -0.2) is 56.8 Å². The Morgan fingerprint density at radius 2 is 1.39 bits per heavy atom. The summed E-state index contributed by atoms with van der Waals surface area (Å²) in [7, 11) is 1.60. The Balaban J connectivity index is 1.83. The van der Waals surface area contributed by atoms with Crippen molar-refractivity contribution in [3.63, 3.8) is 0 Å². The molecule has 36 heavy (non-hydrogen) atoms. The van der Waals surface area contributed by atoms with E-state index in [1.807, 2.05) is 0 Å². The lowest BCUT2D eigenvalue weighted by atomic mass is 10.0. The molecule has 7 nitrogen and oxygen atoms in total. The first-order valence-electron chi connectivity index (χ1n) is 12.2. The van der Waals surface area contributed by atoms with Crippen molar-refractivity contribution in [2.75, 3.05) is 33.6 Å². The molecular formula is C28H34FNO6. The number of unbranched alkanes of at least 4 members (excludes halogenated alkanes) is 1. The van der Waals surface area contributed by atoms with E-state index in [2.05, 4.69) is 4.99 Å². The monoisotopic (exact) mass is 499 g/mol. The Hall–Kier alpha value is -3.39. The topological polar surface area (TPSA) is 91.3 Å². The molecule has 0 N–H and O–H groups in total. The van der Waals surface area contributed by atoms with Gasteiger partial charge in [-0.25, -0.2) is 4.99 Å². The predicted octanol–water partition coefficient (Wildman–Crippen LogP) is 5.45. The van der Waals surface area contributed by atoms with Gasteiger partial charge in [0.15, 0.2) is 5.78 Å². The Bertz CT molecular complexity index is 1000. The van der Waals surface area contributed by atoms with Gasteiger partial charge >= 0.3 is 0 Å². The number of benzene rings is 2. The number of ether oxygens (including phenoxy) is 3. The van der Waals surface area contributed by atoms with Gasteiger partial charge in [-0.3, -0.25) is 18.8 Å². The molecular weight excluding hydrogens is 465 g/mol. The maximum atomic E-state index is 12.8. The highest BCUT2D eigenvalue weighted by atomic mass is 19.1. The first-order valence-corrected chi connectivity index (χ1v) is 12.2. The van der Waals surface area contributed by atoms with Gasteiger partial charge in [0.05, 0.1) is 25.6 Å². The number of alkyl halides is 1. The van der Waals surface area contributed by atoms with Crippen molar-refractivity contribution in [3.8, 4) is 11.5 Å². The number of carbonyl (C=O) groups excluding carboxylic acids is 3. The maximum Gasteiger partial charge on any atom is 0.246 e.